The Kier molecular flexibility index (Phi) is 7.56. The van der Waals surface area contributed by atoms with E-state index < -0.39 is 21.9 Å². The lowest BCUT2D eigenvalue weighted by Gasteiger charge is -2.14. The van der Waals surface area contributed by atoms with Crippen LogP contribution in [0.15, 0.2) is 65.6 Å². The summed E-state index contributed by atoms with van der Waals surface area (Å²) in [5.41, 5.74) is 1.38. The van der Waals surface area contributed by atoms with Crippen molar-refractivity contribution in [2.24, 2.45) is 0 Å². The first-order chi connectivity index (χ1) is 17.3. The summed E-state index contributed by atoms with van der Waals surface area (Å²) in [5.74, 6) is -0.334. The van der Waals surface area contributed by atoms with Crippen LogP contribution in [-0.2, 0) is 17.9 Å². The molecule has 8 nitrogen and oxygen atoms in total. The van der Waals surface area contributed by atoms with Crippen LogP contribution in [-0.4, -0.2) is 28.1 Å². The number of rotatable bonds is 8. The third-order valence-electron chi connectivity index (χ3n) is 5.28. The zero-order valence-electron chi connectivity index (χ0n) is 18.8. The third-order valence-corrected chi connectivity index (χ3v) is 6.54. The minimum atomic E-state index is -0.598. The Bertz CT molecular complexity index is 1360. The second-order valence-electron chi connectivity index (χ2n) is 7.59. The molecule has 4 rings (SSSR count). The van der Waals surface area contributed by atoms with E-state index in [1.165, 1.54) is 43.5 Å². The summed E-state index contributed by atoms with van der Waals surface area (Å²) < 4.78 is 25.3. The van der Waals surface area contributed by atoms with Crippen LogP contribution in [0.5, 0.6) is 11.5 Å². The number of non-ortho nitro benzene ring substituents is 1. The van der Waals surface area contributed by atoms with Gasteiger partial charge in [0.15, 0.2) is 11.5 Å². The van der Waals surface area contributed by atoms with E-state index in [0.29, 0.717) is 17.1 Å². The summed E-state index contributed by atoms with van der Waals surface area (Å²) in [6.45, 7) is -0.114. The molecule has 0 unspecified atom stereocenters. The van der Waals surface area contributed by atoms with Gasteiger partial charge >= 0.3 is 0 Å². The number of nitro benzene ring substituents is 1. The highest BCUT2D eigenvalue weighted by Gasteiger charge is 2.36. The first-order valence-corrected chi connectivity index (χ1v) is 11.7. The van der Waals surface area contributed by atoms with Gasteiger partial charge in [0, 0.05) is 22.7 Å². The van der Waals surface area contributed by atoms with Crippen LogP contribution in [0, 0.1) is 15.9 Å². The van der Waals surface area contributed by atoms with E-state index in [1.54, 1.807) is 30.3 Å². The normalized spacial score (nSPS) is 14.4. The van der Waals surface area contributed by atoms with E-state index in [1.807, 2.05) is 0 Å². The number of imide groups is 1. The fourth-order valence-corrected chi connectivity index (χ4v) is 4.46. The monoisotopic (exact) mass is 528 g/mol. The van der Waals surface area contributed by atoms with Crippen LogP contribution in [0.1, 0.15) is 16.7 Å². The van der Waals surface area contributed by atoms with Gasteiger partial charge in [-0.1, -0.05) is 23.7 Å². The highest BCUT2D eigenvalue weighted by atomic mass is 35.5. The van der Waals surface area contributed by atoms with Gasteiger partial charge < -0.3 is 9.47 Å². The smallest absolute Gasteiger partial charge is 0.293 e. The minimum Gasteiger partial charge on any atom is -0.493 e. The Morgan fingerprint density at radius 1 is 1.11 bits per heavy atom. The fourth-order valence-electron chi connectivity index (χ4n) is 3.40. The van der Waals surface area contributed by atoms with Crippen molar-refractivity contribution in [3.05, 3.63) is 103 Å². The number of nitro groups is 1. The average Bonchev–Trinajstić information content (AvgIpc) is 3.12. The van der Waals surface area contributed by atoms with Crippen molar-refractivity contribution in [1.29, 1.82) is 0 Å². The molecule has 184 valence electrons. The van der Waals surface area contributed by atoms with Crippen molar-refractivity contribution in [3.8, 4) is 11.5 Å². The average molecular weight is 529 g/mol. The SMILES string of the molecule is COc1cc(/C=C2\SC(=O)N(Cc3c(F)cccc3Cl)C2=O)ccc1OCc1ccc([N+](=O)[O-])cc1. The summed E-state index contributed by atoms with van der Waals surface area (Å²) in [5, 5.41) is 10.4. The van der Waals surface area contributed by atoms with E-state index in [9.17, 15) is 24.1 Å². The zero-order valence-corrected chi connectivity index (χ0v) is 20.3. The molecule has 0 saturated carbocycles. The quantitative estimate of drug-likeness (QED) is 0.195. The molecule has 1 aliphatic rings. The molecule has 1 fully saturated rings. The van der Waals surface area contributed by atoms with Gasteiger partial charge in [-0.15, -0.1) is 0 Å². The number of hydrogen-bond donors (Lipinski definition) is 0. The second-order valence-corrected chi connectivity index (χ2v) is 8.99. The topological polar surface area (TPSA) is 99.0 Å². The van der Waals surface area contributed by atoms with Crippen LogP contribution < -0.4 is 9.47 Å². The standard InChI is InChI=1S/C25H18ClFN2O6S/c1-34-22-11-16(7-10-21(22)35-14-15-5-8-17(9-6-15)29(32)33)12-23-24(30)28(25(31)36-23)13-18-19(26)3-2-4-20(18)27/h2-12H,13-14H2,1H3/b23-12-. The summed E-state index contributed by atoms with van der Waals surface area (Å²) in [4.78, 5) is 36.7. The molecule has 0 bridgehead atoms. The molecule has 11 heteroatoms. The number of carbonyl (C=O) groups excluding carboxylic acids is 2. The second kappa shape index (κ2) is 10.8. The van der Waals surface area contributed by atoms with Gasteiger partial charge in [-0.05, 0) is 65.4 Å². The maximum atomic E-state index is 14.1. The van der Waals surface area contributed by atoms with E-state index in [2.05, 4.69) is 0 Å². The predicted molar refractivity (Wildman–Crippen MR) is 133 cm³/mol. The lowest BCUT2D eigenvalue weighted by Crippen LogP contribution is -2.28. The van der Waals surface area contributed by atoms with Gasteiger partial charge in [0.25, 0.3) is 16.8 Å². The minimum absolute atomic E-state index is 0.0119. The van der Waals surface area contributed by atoms with Crippen molar-refractivity contribution in [1.82, 2.24) is 4.90 Å². The summed E-state index contributed by atoms with van der Waals surface area (Å²) in [6, 6.07) is 15.1. The predicted octanol–water partition coefficient (Wildman–Crippen LogP) is 6.21. The first kappa shape index (κ1) is 25.2. The van der Waals surface area contributed by atoms with E-state index in [4.69, 9.17) is 21.1 Å². The van der Waals surface area contributed by atoms with Crippen LogP contribution in [0.25, 0.3) is 6.08 Å². The van der Waals surface area contributed by atoms with Gasteiger partial charge in [0.1, 0.15) is 12.4 Å². The Hall–Kier alpha value is -3.89. The number of nitrogens with zero attached hydrogens (tertiary/aromatic N) is 2. The highest BCUT2D eigenvalue weighted by molar-refractivity contribution is 8.18. The molecule has 0 radical (unpaired) electrons. The molecule has 1 heterocycles. The summed E-state index contributed by atoms with van der Waals surface area (Å²) in [7, 11) is 1.46. The fraction of sp³-hybridized carbons (Fsp3) is 0.120. The maximum absolute atomic E-state index is 14.1. The van der Waals surface area contributed by atoms with Crippen LogP contribution in [0.4, 0.5) is 14.9 Å². The molecule has 0 atom stereocenters. The number of carbonyl (C=O) groups is 2. The van der Waals surface area contributed by atoms with Crippen LogP contribution >= 0.6 is 23.4 Å². The van der Waals surface area contributed by atoms with Crippen molar-refractivity contribution >= 4 is 46.3 Å². The molecule has 3 aromatic rings. The molecule has 2 amide bonds. The molecule has 0 N–H and O–H groups in total. The number of amides is 2. The van der Waals surface area contributed by atoms with Gasteiger partial charge in [0.05, 0.1) is 23.5 Å². The largest absolute Gasteiger partial charge is 0.493 e. The molecule has 1 saturated heterocycles. The van der Waals surface area contributed by atoms with Crippen molar-refractivity contribution in [2.75, 3.05) is 7.11 Å². The molecule has 1 aliphatic heterocycles. The maximum Gasteiger partial charge on any atom is 0.293 e. The number of ether oxygens (including phenoxy) is 2. The highest BCUT2D eigenvalue weighted by Crippen LogP contribution is 2.36. The van der Waals surface area contributed by atoms with Gasteiger partial charge in [0.2, 0.25) is 0 Å². The number of hydrogen-bond acceptors (Lipinski definition) is 7. The molecule has 0 aromatic heterocycles. The Labute approximate surface area is 214 Å². The molecular weight excluding hydrogens is 511 g/mol. The van der Waals surface area contributed by atoms with Crippen LogP contribution in [0.2, 0.25) is 5.02 Å². The van der Waals surface area contributed by atoms with Crippen LogP contribution in [0.3, 0.4) is 0 Å². The number of thioether (sulfide) groups is 1. The number of benzene rings is 3. The zero-order chi connectivity index (χ0) is 25.8. The van der Waals surface area contributed by atoms with E-state index in [0.717, 1.165) is 22.2 Å². The number of halogens is 2. The van der Waals surface area contributed by atoms with Crippen molar-refractivity contribution in [3.63, 3.8) is 0 Å². The Morgan fingerprint density at radius 3 is 2.53 bits per heavy atom. The van der Waals surface area contributed by atoms with Gasteiger partial charge in [-0.2, -0.15) is 0 Å². The Balaban J connectivity index is 1.48. The lowest BCUT2D eigenvalue weighted by atomic mass is 10.1. The van der Waals surface area contributed by atoms with Gasteiger partial charge in [-0.3, -0.25) is 24.6 Å². The molecule has 3 aromatic carbocycles. The number of methoxy groups -OCH3 is 1. The molecule has 0 aliphatic carbocycles. The lowest BCUT2D eigenvalue weighted by molar-refractivity contribution is -0.384. The van der Waals surface area contributed by atoms with E-state index in [-0.39, 0.29) is 34.3 Å². The first-order valence-electron chi connectivity index (χ1n) is 10.5. The Morgan fingerprint density at radius 2 is 1.86 bits per heavy atom. The third kappa shape index (κ3) is 5.50. The van der Waals surface area contributed by atoms with Crippen molar-refractivity contribution in [2.45, 2.75) is 13.2 Å². The van der Waals surface area contributed by atoms with Crippen molar-refractivity contribution < 1.29 is 28.4 Å². The molecule has 36 heavy (non-hydrogen) atoms. The summed E-state index contributed by atoms with van der Waals surface area (Å²) in [6.07, 6.45) is 1.54. The molecular formula is C25H18ClFN2O6S. The van der Waals surface area contributed by atoms with E-state index >= 15 is 0 Å². The summed E-state index contributed by atoms with van der Waals surface area (Å²) >= 11 is 6.79. The van der Waals surface area contributed by atoms with Gasteiger partial charge in [-0.25, -0.2) is 4.39 Å². The molecule has 0 spiro atoms.